The Hall–Kier alpha value is -1.56. The summed E-state index contributed by atoms with van der Waals surface area (Å²) in [4.78, 5) is 0. The number of benzene rings is 1. The van der Waals surface area contributed by atoms with Crippen molar-refractivity contribution in [2.24, 2.45) is 0 Å². The lowest BCUT2D eigenvalue weighted by Gasteiger charge is -1.92. The third-order valence-electron chi connectivity index (χ3n) is 2.73. The van der Waals surface area contributed by atoms with Crippen LogP contribution in [0.1, 0.15) is 38.2 Å². The van der Waals surface area contributed by atoms with Gasteiger partial charge in [-0.25, -0.2) is 0 Å². The van der Waals surface area contributed by atoms with Crippen LogP contribution >= 0.6 is 0 Å². The second kappa shape index (κ2) is 7.67. The molecule has 0 heteroatoms. The molecule has 0 radical (unpaired) electrons. The number of allylic oxidation sites excluding steroid dienone is 3. The van der Waals surface area contributed by atoms with E-state index in [1.807, 2.05) is 36.4 Å². The van der Waals surface area contributed by atoms with Crippen LogP contribution in [-0.2, 0) is 0 Å². The SMILES string of the molecule is C=C(C)C=C1CCCC1.C=Cc1ccccc1. The van der Waals surface area contributed by atoms with E-state index in [0.29, 0.717) is 0 Å². The zero-order valence-corrected chi connectivity index (χ0v) is 10.8. The molecule has 0 saturated heterocycles. The molecular weight excluding hydrogens is 204 g/mol. The molecule has 0 N–H and O–H groups in total. The quantitative estimate of drug-likeness (QED) is 0.634. The number of hydrogen-bond donors (Lipinski definition) is 0. The summed E-state index contributed by atoms with van der Waals surface area (Å²) >= 11 is 0. The Morgan fingerprint density at radius 3 is 2.12 bits per heavy atom. The maximum atomic E-state index is 3.84. The van der Waals surface area contributed by atoms with E-state index >= 15 is 0 Å². The Morgan fingerprint density at radius 2 is 1.71 bits per heavy atom. The number of hydrogen-bond acceptors (Lipinski definition) is 0. The normalized spacial score (nSPS) is 13.6. The van der Waals surface area contributed by atoms with Crippen LogP contribution in [0.25, 0.3) is 6.08 Å². The predicted molar refractivity (Wildman–Crippen MR) is 77.9 cm³/mol. The lowest BCUT2D eigenvalue weighted by molar-refractivity contribution is 0.886. The van der Waals surface area contributed by atoms with Crippen LogP contribution < -0.4 is 0 Å². The average Bonchev–Trinajstić information content (AvgIpc) is 2.83. The third-order valence-corrected chi connectivity index (χ3v) is 2.73. The summed E-state index contributed by atoms with van der Waals surface area (Å²) in [5, 5.41) is 0. The van der Waals surface area contributed by atoms with Crippen molar-refractivity contribution in [3.63, 3.8) is 0 Å². The van der Waals surface area contributed by atoms with Crippen LogP contribution in [0, 0.1) is 0 Å². The molecule has 0 spiro atoms. The first kappa shape index (κ1) is 13.5. The van der Waals surface area contributed by atoms with E-state index in [1.54, 1.807) is 5.57 Å². The van der Waals surface area contributed by atoms with Gasteiger partial charge in [-0.1, -0.05) is 66.8 Å². The summed E-state index contributed by atoms with van der Waals surface area (Å²) in [6.07, 6.45) is 9.46. The summed E-state index contributed by atoms with van der Waals surface area (Å²) in [5.41, 5.74) is 3.97. The Kier molecular flexibility index (Phi) is 6.09. The van der Waals surface area contributed by atoms with Crippen LogP contribution in [0.4, 0.5) is 0 Å². The molecule has 1 fully saturated rings. The molecule has 90 valence electrons. The summed E-state index contributed by atoms with van der Waals surface area (Å²) in [7, 11) is 0. The van der Waals surface area contributed by atoms with Crippen molar-refractivity contribution in [1.82, 2.24) is 0 Å². The van der Waals surface area contributed by atoms with Gasteiger partial charge in [0.15, 0.2) is 0 Å². The maximum Gasteiger partial charge on any atom is -0.0263 e. The van der Waals surface area contributed by atoms with Gasteiger partial charge in [0.2, 0.25) is 0 Å². The van der Waals surface area contributed by atoms with Crippen molar-refractivity contribution in [2.45, 2.75) is 32.6 Å². The van der Waals surface area contributed by atoms with E-state index in [2.05, 4.69) is 26.2 Å². The van der Waals surface area contributed by atoms with E-state index in [-0.39, 0.29) is 0 Å². The molecule has 0 aliphatic heterocycles. The van der Waals surface area contributed by atoms with Crippen LogP contribution in [0.15, 0.2) is 60.7 Å². The first-order valence-corrected chi connectivity index (χ1v) is 6.25. The molecule has 1 aromatic rings. The Labute approximate surface area is 105 Å². The molecule has 0 nitrogen and oxygen atoms in total. The summed E-state index contributed by atoms with van der Waals surface area (Å²) < 4.78 is 0. The largest absolute Gasteiger partial charge is 0.0985 e. The number of rotatable bonds is 2. The van der Waals surface area contributed by atoms with Gasteiger partial charge in [0.25, 0.3) is 0 Å². The molecule has 1 aliphatic carbocycles. The highest BCUT2D eigenvalue weighted by Crippen LogP contribution is 2.24. The maximum absolute atomic E-state index is 3.84. The van der Waals surface area contributed by atoms with E-state index in [0.717, 1.165) is 0 Å². The summed E-state index contributed by atoms with van der Waals surface area (Å²) in [5.74, 6) is 0. The van der Waals surface area contributed by atoms with Crippen LogP contribution in [0.3, 0.4) is 0 Å². The van der Waals surface area contributed by atoms with E-state index in [1.165, 1.54) is 36.8 Å². The minimum absolute atomic E-state index is 1.17. The van der Waals surface area contributed by atoms with Crippen molar-refractivity contribution in [2.75, 3.05) is 0 Å². The highest BCUT2D eigenvalue weighted by molar-refractivity contribution is 5.45. The van der Waals surface area contributed by atoms with Crippen LogP contribution in [0.5, 0.6) is 0 Å². The van der Waals surface area contributed by atoms with Crippen LogP contribution in [0.2, 0.25) is 0 Å². The molecular formula is C17H22. The van der Waals surface area contributed by atoms with Gasteiger partial charge in [0.1, 0.15) is 0 Å². The molecule has 17 heavy (non-hydrogen) atoms. The minimum Gasteiger partial charge on any atom is -0.0985 e. The average molecular weight is 226 g/mol. The van der Waals surface area contributed by atoms with E-state index in [9.17, 15) is 0 Å². The highest BCUT2D eigenvalue weighted by Gasteiger charge is 2.04. The fourth-order valence-corrected chi connectivity index (χ4v) is 1.91. The van der Waals surface area contributed by atoms with Gasteiger partial charge in [0.05, 0.1) is 0 Å². The zero-order valence-electron chi connectivity index (χ0n) is 10.8. The Morgan fingerprint density at radius 1 is 1.12 bits per heavy atom. The highest BCUT2D eigenvalue weighted by atomic mass is 14.1. The molecule has 1 aliphatic rings. The second-order valence-electron chi connectivity index (χ2n) is 4.47. The van der Waals surface area contributed by atoms with E-state index < -0.39 is 0 Å². The molecule has 0 unspecified atom stereocenters. The molecule has 1 saturated carbocycles. The molecule has 0 bridgehead atoms. The van der Waals surface area contributed by atoms with Crippen molar-refractivity contribution in [3.05, 3.63) is 66.3 Å². The summed E-state index contributed by atoms with van der Waals surface area (Å²) in [6.45, 7) is 9.53. The fourth-order valence-electron chi connectivity index (χ4n) is 1.91. The van der Waals surface area contributed by atoms with Gasteiger partial charge in [-0.3, -0.25) is 0 Å². The van der Waals surface area contributed by atoms with Gasteiger partial charge >= 0.3 is 0 Å². The van der Waals surface area contributed by atoms with E-state index in [4.69, 9.17) is 0 Å². The van der Waals surface area contributed by atoms with Crippen molar-refractivity contribution in [3.8, 4) is 0 Å². The lowest BCUT2D eigenvalue weighted by atomic mass is 10.1. The van der Waals surface area contributed by atoms with Gasteiger partial charge in [0, 0.05) is 0 Å². The molecule has 0 heterocycles. The van der Waals surface area contributed by atoms with Gasteiger partial charge in [-0.15, -0.1) is 0 Å². The van der Waals surface area contributed by atoms with Crippen molar-refractivity contribution < 1.29 is 0 Å². The molecule has 2 rings (SSSR count). The molecule has 0 aromatic heterocycles. The topological polar surface area (TPSA) is 0 Å². The zero-order chi connectivity index (χ0) is 12.5. The van der Waals surface area contributed by atoms with Crippen LogP contribution in [-0.4, -0.2) is 0 Å². The fraction of sp³-hybridized carbons (Fsp3) is 0.294. The third kappa shape index (κ3) is 5.91. The summed E-state index contributed by atoms with van der Waals surface area (Å²) in [6, 6.07) is 10.0. The lowest BCUT2D eigenvalue weighted by Crippen LogP contribution is -1.71. The predicted octanol–water partition coefficient (Wildman–Crippen LogP) is 5.39. The minimum atomic E-state index is 1.17. The van der Waals surface area contributed by atoms with Gasteiger partial charge in [-0.2, -0.15) is 0 Å². The smallest absolute Gasteiger partial charge is 0.0263 e. The first-order chi connectivity index (χ1) is 8.22. The van der Waals surface area contributed by atoms with Crippen molar-refractivity contribution >= 4 is 6.08 Å². The Balaban J connectivity index is 0.000000171. The van der Waals surface area contributed by atoms with Gasteiger partial charge in [-0.05, 0) is 38.2 Å². The van der Waals surface area contributed by atoms with Gasteiger partial charge < -0.3 is 0 Å². The molecule has 0 amide bonds. The molecule has 1 aromatic carbocycles. The standard InChI is InChI=1S/C9H14.C8H8/c1-8(2)7-9-5-3-4-6-9;1-2-8-6-4-3-5-7-8/h7H,1,3-6H2,2H3;2-7H,1H2. The monoisotopic (exact) mass is 226 g/mol. The first-order valence-electron chi connectivity index (χ1n) is 6.25. The van der Waals surface area contributed by atoms with Crippen molar-refractivity contribution in [1.29, 1.82) is 0 Å². The molecule has 0 atom stereocenters. The second-order valence-corrected chi connectivity index (χ2v) is 4.47. The Bertz CT molecular complexity index is 374.